The summed E-state index contributed by atoms with van der Waals surface area (Å²) in [5, 5.41) is 16.5. The Morgan fingerprint density at radius 2 is 2.10 bits per heavy atom. The minimum atomic E-state index is -0.323. The summed E-state index contributed by atoms with van der Waals surface area (Å²) in [6, 6.07) is 8.98. The Bertz CT molecular complexity index is 595. The molecule has 2 rings (SSSR count). The van der Waals surface area contributed by atoms with E-state index in [9.17, 15) is 10.1 Å². The molecule has 0 spiro atoms. The van der Waals surface area contributed by atoms with Crippen LogP contribution in [0.25, 0.3) is 0 Å². The van der Waals surface area contributed by atoms with Crippen molar-refractivity contribution in [1.82, 2.24) is 5.32 Å². The molecule has 0 saturated carbocycles. The Hall–Kier alpha value is -1.72. The Morgan fingerprint density at radius 1 is 1.35 bits per heavy atom. The second-order valence-corrected chi connectivity index (χ2v) is 5.64. The van der Waals surface area contributed by atoms with Crippen LogP contribution < -0.4 is 5.32 Å². The van der Waals surface area contributed by atoms with Crippen LogP contribution in [0.4, 0.5) is 5.69 Å². The van der Waals surface area contributed by atoms with Gasteiger partial charge in [0.05, 0.1) is 4.92 Å². The van der Waals surface area contributed by atoms with E-state index in [1.165, 1.54) is 10.4 Å². The zero-order chi connectivity index (χ0) is 14.5. The standard InChI is InChI=1S/C15H18N2O2S/c1-3-12-8-9-20-15(12)10-16-11(2)13-6-4-5-7-14(13)17(18)19/h4-9,11,16H,3,10H2,1-2H3. The third-order valence-electron chi connectivity index (χ3n) is 3.39. The number of nitrogens with zero attached hydrogens (tertiary/aromatic N) is 1. The predicted molar refractivity (Wildman–Crippen MR) is 82.0 cm³/mol. The van der Waals surface area contributed by atoms with Crippen LogP contribution in [-0.4, -0.2) is 4.92 Å². The van der Waals surface area contributed by atoms with E-state index in [2.05, 4.69) is 23.7 Å². The molecule has 1 atom stereocenters. The highest BCUT2D eigenvalue weighted by molar-refractivity contribution is 7.10. The summed E-state index contributed by atoms with van der Waals surface area (Å²) in [7, 11) is 0. The van der Waals surface area contributed by atoms with Gasteiger partial charge in [-0.1, -0.05) is 25.1 Å². The average molecular weight is 290 g/mol. The number of benzene rings is 1. The second kappa shape index (κ2) is 6.63. The van der Waals surface area contributed by atoms with E-state index in [0.29, 0.717) is 0 Å². The van der Waals surface area contributed by atoms with Crippen molar-refractivity contribution in [3.63, 3.8) is 0 Å². The Labute approximate surface area is 122 Å². The summed E-state index contributed by atoms with van der Waals surface area (Å²) in [6.45, 7) is 4.84. The summed E-state index contributed by atoms with van der Waals surface area (Å²) in [6.07, 6.45) is 1.01. The minimum absolute atomic E-state index is 0.0524. The lowest BCUT2D eigenvalue weighted by Gasteiger charge is -2.14. The van der Waals surface area contributed by atoms with Crippen molar-refractivity contribution >= 4 is 17.0 Å². The summed E-state index contributed by atoms with van der Waals surface area (Å²) in [5.41, 5.74) is 2.25. The summed E-state index contributed by atoms with van der Waals surface area (Å²) < 4.78 is 0. The first kappa shape index (κ1) is 14.7. The first-order chi connectivity index (χ1) is 9.63. The van der Waals surface area contributed by atoms with E-state index in [4.69, 9.17) is 0 Å². The number of nitro benzene ring substituents is 1. The molecular formula is C15H18N2O2S. The molecule has 0 saturated heterocycles. The SMILES string of the molecule is CCc1ccsc1CNC(C)c1ccccc1[N+](=O)[O-]. The van der Waals surface area contributed by atoms with Gasteiger partial charge in [0.1, 0.15) is 0 Å². The Kier molecular flexibility index (Phi) is 4.87. The van der Waals surface area contributed by atoms with E-state index >= 15 is 0 Å². The van der Waals surface area contributed by atoms with Crippen LogP contribution >= 0.6 is 11.3 Å². The Balaban J connectivity index is 2.09. The van der Waals surface area contributed by atoms with Crippen molar-refractivity contribution in [2.24, 2.45) is 0 Å². The molecule has 0 aliphatic heterocycles. The molecule has 0 radical (unpaired) electrons. The number of nitro groups is 1. The van der Waals surface area contributed by atoms with Gasteiger partial charge >= 0.3 is 0 Å². The van der Waals surface area contributed by atoms with Gasteiger partial charge in [0.2, 0.25) is 0 Å². The van der Waals surface area contributed by atoms with Crippen molar-refractivity contribution in [2.75, 3.05) is 0 Å². The zero-order valence-electron chi connectivity index (χ0n) is 11.6. The van der Waals surface area contributed by atoms with E-state index < -0.39 is 0 Å². The van der Waals surface area contributed by atoms with Gasteiger partial charge in [0.15, 0.2) is 0 Å². The van der Waals surface area contributed by atoms with Crippen molar-refractivity contribution in [3.8, 4) is 0 Å². The van der Waals surface area contributed by atoms with Crippen molar-refractivity contribution in [3.05, 3.63) is 61.8 Å². The second-order valence-electron chi connectivity index (χ2n) is 4.64. The van der Waals surface area contributed by atoms with Gasteiger partial charge in [-0.3, -0.25) is 10.1 Å². The van der Waals surface area contributed by atoms with Crippen molar-refractivity contribution < 1.29 is 4.92 Å². The molecule has 0 aliphatic rings. The van der Waals surface area contributed by atoms with Crippen LogP contribution in [0.15, 0.2) is 35.7 Å². The molecule has 1 aromatic carbocycles. The lowest BCUT2D eigenvalue weighted by Crippen LogP contribution is -2.19. The molecule has 0 fully saturated rings. The van der Waals surface area contributed by atoms with Crippen LogP contribution in [-0.2, 0) is 13.0 Å². The number of nitrogens with one attached hydrogen (secondary N) is 1. The summed E-state index contributed by atoms with van der Waals surface area (Å²) in [5.74, 6) is 0. The first-order valence-corrected chi connectivity index (χ1v) is 7.53. The quantitative estimate of drug-likeness (QED) is 0.644. The van der Waals surface area contributed by atoms with E-state index in [0.717, 1.165) is 18.5 Å². The molecule has 2 aromatic rings. The maximum Gasteiger partial charge on any atom is 0.274 e. The van der Waals surface area contributed by atoms with Crippen LogP contribution in [0.2, 0.25) is 0 Å². The van der Waals surface area contributed by atoms with Gasteiger partial charge in [0.25, 0.3) is 5.69 Å². The predicted octanol–water partition coefficient (Wildman–Crippen LogP) is 4.07. The van der Waals surface area contributed by atoms with Gasteiger partial charge in [-0.25, -0.2) is 0 Å². The minimum Gasteiger partial charge on any atom is -0.305 e. The third kappa shape index (κ3) is 3.23. The maximum atomic E-state index is 11.0. The van der Waals surface area contributed by atoms with E-state index in [1.54, 1.807) is 23.5 Å². The van der Waals surface area contributed by atoms with Crippen LogP contribution in [0, 0.1) is 10.1 Å². The molecule has 1 N–H and O–H groups in total. The number of aryl methyl sites for hydroxylation is 1. The van der Waals surface area contributed by atoms with E-state index in [-0.39, 0.29) is 16.7 Å². The number of hydrogen-bond acceptors (Lipinski definition) is 4. The fourth-order valence-electron chi connectivity index (χ4n) is 2.21. The lowest BCUT2D eigenvalue weighted by molar-refractivity contribution is -0.385. The van der Waals surface area contributed by atoms with E-state index in [1.807, 2.05) is 19.1 Å². The van der Waals surface area contributed by atoms with Crippen LogP contribution in [0.1, 0.15) is 35.9 Å². The monoisotopic (exact) mass is 290 g/mol. The molecule has 0 amide bonds. The molecule has 106 valence electrons. The number of thiophene rings is 1. The summed E-state index contributed by atoms with van der Waals surface area (Å²) in [4.78, 5) is 12.0. The highest BCUT2D eigenvalue weighted by atomic mass is 32.1. The van der Waals surface area contributed by atoms with Gasteiger partial charge in [-0.2, -0.15) is 0 Å². The molecule has 0 bridgehead atoms. The largest absolute Gasteiger partial charge is 0.305 e. The fraction of sp³-hybridized carbons (Fsp3) is 0.333. The molecule has 1 heterocycles. The van der Waals surface area contributed by atoms with Crippen LogP contribution in [0.5, 0.6) is 0 Å². The number of para-hydroxylation sites is 1. The maximum absolute atomic E-state index is 11.0. The molecule has 20 heavy (non-hydrogen) atoms. The molecular weight excluding hydrogens is 272 g/mol. The highest BCUT2D eigenvalue weighted by Crippen LogP contribution is 2.25. The first-order valence-electron chi connectivity index (χ1n) is 6.65. The molecule has 5 heteroatoms. The number of rotatable bonds is 6. The van der Waals surface area contributed by atoms with Gasteiger partial charge < -0.3 is 5.32 Å². The molecule has 4 nitrogen and oxygen atoms in total. The van der Waals surface area contributed by atoms with Crippen LogP contribution in [0.3, 0.4) is 0 Å². The number of hydrogen-bond donors (Lipinski definition) is 1. The smallest absolute Gasteiger partial charge is 0.274 e. The molecule has 1 unspecified atom stereocenters. The molecule has 0 aliphatic carbocycles. The zero-order valence-corrected chi connectivity index (χ0v) is 12.4. The van der Waals surface area contributed by atoms with Crippen molar-refractivity contribution in [2.45, 2.75) is 32.9 Å². The Morgan fingerprint density at radius 3 is 2.80 bits per heavy atom. The lowest BCUT2D eigenvalue weighted by atomic mass is 10.1. The van der Waals surface area contributed by atoms with Gasteiger partial charge in [-0.15, -0.1) is 11.3 Å². The summed E-state index contributed by atoms with van der Waals surface area (Å²) >= 11 is 1.73. The average Bonchev–Trinajstić information content (AvgIpc) is 2.92. The highest BCUT2D eigenvalue weighted by Gasteiger charge is 2.17. The van der Waals surface area contributed by atoms with Crippen molar-refractivity contribution in [1.29, 1.82) is 0 Å². The topological polar surface area (TPSA) is 55.2 Å². The van der Waals surface area contributed by atoms with Gasteiger partial charge in [0, 0.05) is 29.1 Å². The van der Waals surface area contributed by atoms with Gasteiger partial charge in [-0.05, 0) is 30.4 Å². The third-order valence-corrected chi connectivity index (χ3v) is 4.35. The normalized spacial score (nSPS) is 12.3. The molecule has 1 aromatic heterocycles. The fourth-order valence-corrected chi connectivity index (χ4v) is 3.14.